The highest BCUT2D eigenvalue weighted by molar-refractivity contribution is 6.05. The number of piperidine rings is 1. The highest BCUT2D eigenvalue weighted by Crippen LogP contribution is 2.42. The first-order chi connectivity index (χ1) is 14.8. The minimum Gasteiger partial charge on any atom is -0.294 e. The maximum absolute atomic E-state index is 13.9. The Labute approximate surface area is 181 Å². The SMILES string of the molecule is CC1(C)CN(Cc2ccc(F)c(F)c2)C(c2ccccc2)/C(=C\c2ccccn2)C1=O. The van der Waals surface area contributed by atoms with Crippen molar-refractivity contribution in [3.63, 3.8) is 0 Å². The van der Waals surface area contributed by atoms with E-state index in [2.05, 4.69) is 9.88 Å². The molecular formula is C26H24F2N2O. The van der Waals surface area contributed by atoms with Crippen molar-refractivity contribution in [2.45, 2.75) is 26.4 Å². The lowest BCUT2D eigenvalue weighted by Crippen LogP contribution is -2.49. The van der Waals surface area contributed by atoms with Gasteiger partial charge in [0.05, 0.1) is 11.7 Å². The van der Waals surface area contributed by atoms with Crippen molar-refractivity contribution in [1.82, 2.24) is 9.88 Å². The van der Waals surface area contributed by atoms with Gasteiger partial charge >= 0.3 is 0 Å². The molecule has 3 nitrogen and oxygen atoms in total. The van der Waals surface area contributed by atoms with Crippen molar-refractivity contribution >= 4 is 11.9 Å². The molecule has 5 heteroatoms. The molecule has 1 aliphatic heterocycles. The fourth-order valence-electron chi connectivity index (χ4n) is 4.19. The number of likely N-dealkylation sites (tertiary alicyclic amines) is 1. The fraction of sp³-hybridized carbons (Fsp3) is 0.231. The molecule has 0 amide bonds. The highest BCUT2D eigenvalue weighted by atomic mass is 19.2. The summed E-state index contributed by atoms with van der Waals surface area (Å²) in [5, 5.41) is 0. The van der Waals surface area contributed by atoms with E-state index in [1.807, 2.05) is 68.5 Å². The third-order valence-corrected chi connectivity index (χ3v) is 5.61. The highest BCUT2D eigenvalue weighted by Gasteiger charge is 2.43. The van der Waals surface area contributed by atoms with Crippen LogP contribution >= 0.6 is 0 Å². The number of aromatic nitrogens is 1. The number of nitrogens with zero attached hydrogens (tertiary/aromatic N) is 2. The zero-order valence-corrected chi connectivity index (χ0v) is 17.6. The van der Waals surface area contributed by atoms with Crippen LogP contribution in [0.2, 0.25) is 0 Å². The first-order valence-electron chi connectivity index (χ1n) is 10.3. The summed E-state index contributed by atoms with van der Waals surface area (Å²) >= 11 is 0. The molecule has 2 heterocycles. The predicted octanol–water partition coefficient (Wildman–Crippen LogP) is 5.60. The monoisotopic (exact) mass is 418 g/mol. The zero-order valence-electron chi connectivity index (χ0n) is 17.6. The topological polar surface area (TPSA) is 33.2 Å². The second kappa shape index (κ2) is 8.52. The smallest absolute Gasteiger partial charge is 0.167 e. The molecule has 0 bridgehead atoms. The molecule has 31 heavy (non-hydrogen) atoms. The van der Waals surface area contributed by atoms with Crippen LogP contribution in [0.3, 0.4) is 0 Å². The molecule has 1 unspecified atom stereocenters. The molecule has 0 radical (unpaired) electrons. The summed E-state index contributed by atoms with van der Waals surface area (Å²) in [4.78, 5) is 20.0. The van der Waals surface area contributed by atoms with Crippen LogP contribution in [0, 0.1) is 17.0 Å². The van der Waals surface area contributed by atoms with Crippen LogP contribution in [0.25, 0.3) is 6.08 Å². The Morgan fingerprint density at radius 1 is 1.03 bits per heavy atom. The number of benzene rings is 2. The van der Waals surface area contributed by atoms with Gasteiger partial charge < -0.3 is 0 Å². The van der Waals surface area contributed by atoms with Gasteiger partial charge in [-0.1, -0.05) is 56.3 Å². The molecule has 0 spiro atoms. The molecule has 0 aliphatic carbocycles. The molecule has 1 saturated heterocycles. The van der Waals surface area contributed by atoms with Gasteiger partial charge in [-0.3, -0.25) is 14.7 Å². The van der Waals surface area contributed by atoms with E-state index in [0.717, 1.165) is 11.6 Å². The Morgan fingerprint density at radius 3 is 2.45 bits per heavy atom. The van der Waals surface area contributed by atoms with Gasteiger partial charge in [-0.05, 0) is 41.5 Å². The van der Waals surface area contributed by atoms with Crippen LogP contribution in [0.5, 0.6) is 0 Å². The summed E-state index contributed by atoms with van der Waals surface area (Å²) in [5.41, 5.74) is 2.34. The average molecular weight is 418 g/mol. The van der Waals surface area contributed by atoms with Gasteiger partial charge in [-0.15, -0.1) is 0 Å². The standard InChI is InChI=1S/C26H24F2N2O/c1-26(2)17-30(16-18-11-12-22(27)23(28)14-18)24(19-8-4-3-5-9-19)21(25(26)31)15-20-10-6-7-13-29-20/h3-15,24H,16-17H2,1-2H3/b21-15+. The molecule has 1 aromatic heterocycles. The average Bonchev–Trinajstić information content (AvgIpc) is 2.76. The van der Waals surface area contributed by atoms with Gasteiger partial charge in [0, 0.05) is 30.3 Å². The van der Waals surface area contributed by atoms with Gasteiger partial charge in [0.25, 0.3) is 0 Å². The largest absolute Gasteiger partial charge is 0.294 e. The van der Waals surface area contributed by atoms with E-state index >= 15 is 0 Å². The number of pyridine rings is 1. The normalized spacial score (nSPS) is 20.2. The molecule has 3 aromatic rings. The van der Waals surface area contributed by atoms with Gasteiger partial charge in [-0.2, -0.15) is 0 Å². The minimum atomic E-state index is -0.870. The maximum atomic E-state index is 13.9. The molecule has 158 valence electrons. The molecule has 0 saturated carbocycles. The van der Waals surface area contributed by atoms with E-state index in [-0.39, 0.29) is 11.8 Å². The summed E-state index contributed by atoms with van der Waals surface area (Å²) < 4.78 is 27.3. The first-order valence-corrected chi connectivity index (χ1v) is 10.3. The number of halogens is 2. The molecular weight excluding hydrogens is 394 g/mol. The summed E-state index contributed by atoms with van der Waals surface area (Å²) in [6.07, 6.45) is 3.54. The van der Waals surface area contributed by atoms with Crippen molar-refractivity contribution in [3.05, 3.63) is 107 Å². The summed E-state index contributed by atoms with van der Waals surface area (Å²) in [5.74, 6) is -1.67. The van der Waals surface area contributed by atoms with E-state index in [9.17, 15) is 13.6 Å². The van der Waals surface area contributed by atoms with Gasteiger partial charge in [0.1, 0.15) is 0 Å². The Hall–Kier alpha value is -3.18. The number of rotatable bonds is 4. The maximum Gasteiger partial charge on any atom is 0.167 e. The van der Waals surface area contributed by atoms with Gasteiger partial charge in [-0.25, -0.2) is 8.78 Å². The third kappa shape index (κ3) is 4.47. The Morgan fingerprint density at radius 2 is 1.77 bits per heavy atom. The summed E-state index contributed by atoms with van der Waals surface area (Å²) in [6, 6.07) is 19.0. The second-order valence-corrected chi connectivity index (χ2v) is 8.53. The number of ketones is 1. The number of Topliss-reactive ketones (excluding diaryl/α,β-unsaturated/α-hetero) is 1. The zero-order chi connectivity index (χ0) is 22.0. The van der Waals surface area contributed by atoms with E-state index in [0.29, 0.717) is 29.9 Å². The predicted molar refractivity (Wildman–Crippen MR) is 117 cm³/mol. The Kier molecular flexibility index (Phi) is 5.79. The third-order valence-electron chi connectivity index (χ3n) is 5.61. The lowest BCUT2D eigenvalue weighted by Gasteiger charge is -2.44. The van der Waals surface area contributed by atoms with Gasteiger partial charge in [0.2, 0.25) is 0 Å². The fourth-order valence-corrected chi connectivity index (χ4v) is 4.19. The van der Waals surface area contributed by atoms with E-state index in [1.54, 1.807) is 12.3 Å². The van der Waals surface area contributed by atoms with Crippen molar-refractivity contribution in [3.8, 4) is 0 Å². The summed E-state index contributed by atoms with van der Waals surface area (Å²) in [6.45, 7) is 4.71. The Bertz CT molecular complexity index is 1110. The van der Waals surface area contributed by atoms with E-state index < -0.39 is 17.0 Å². The quantitative estimate of drug-likeness (QED) is 0.518. The van der Waals surface area contributed by atoms with Gasteiger partial charge in [0.15, 0.2) is 17.4 Å². The number of hydrogen-bond acceptors (Lipinski definition) is 3. The number of carbonyl (C=O) groups is 1. The number of hydrogen-bond donors (Lipinski definition) is 0. The van der Waals surface area contributed by atoms with Crippen LogP contribution in [0.15, 0.2) is 78.5 Å². The van der Waals surface area contributed by atoms with Crippen molar-refractivity contribution < 1.29 is 13.6 Å². The lowest BCUT2D eigenvalue weighted by atomic mass is 9.74. The Balaban J connectivity index is 1.82. The molecule has 1 aliphatic rings. The van der Waals surface area contributed by atoms with Crippen LogP contribution in [0.1, 0.15) is 36.7 Å². The van der Waals surface area contributed by atoms with Crippen LogP contribution in [0.4, 0.5) is 8.78 Å². The van der Waals surface area contributed by atoms with Crippen molar-refractivity contribution in [1.29, 1.82) is 0 Å². The molecule has 4 rings (SSSR count). The summed E-state index contributed by atoms with van der Waals surface area (Å²) in [7, 11) is 0. The molecule has 1 atom stereocenters. The second-order valence-electron chi connectivity index (χ2n) is 8.53. The molecule has 1 fully saturated rings. The molecule has 2 aromatic carbocycles. The van der Waals surface area contributed by atoms with Crippen LogP contribution in [-0.2, 0) is 11.3 Å². The van der Waals surface area contributed by atoms with E-state index in [1.165, 1.54) is 6.07 Å². The first kappa shape index (κ1) is 21.1. The van der Waals surface area contributed by atoms with Crippen molar-refractivity contribution in [2.75, 3.05) is 6.54 Å². The minimum absolute atomic E-state index is 0.0635. The van der Waals surface area contributed by atoms with Crippen molar-refractivity contribution in [2.24, 2.45) is 5.41 Å². The van der Waals surface area contributed by atoms with Crippen LogP contribution in [-0.4, -0.2) is 22.2 Å². The lowest BCUT2D eigenvalue weighted by molar-refractivity contribution is -0.128. The van der Waals surface area contributed by atoms with E-state index in [4.69, 9.17) is 0 Å². The number of carbonyl (C=O) groups excluding carboxylic acids is 1. The molecule has 0 N–H and O–H groups in total. The van der Waals surface area contributed by atoms with Crippen LogP contribution < -0.4 is 0 Å².